The molecule has 1 N–H and O–H groups in total. The van der Waals surface area contributed by atoms with E-state index in [9.17, 15) is 19.2 Å². The number of amides is 3. The Balaban J connectivity index is 1.37. The highest BCUT2D eigenvalue weighted by atomic mass is 35.5. The monoisotopic (exact) mass is 551 g/mol. The van der Waals surface area contributed by atoms with E-state index in [2.05, 4.69) is 15.6 Å². The standard InChI is InChI=1S/C27H30ClN7O4/c1-32-12-10-29-24(36)13-19-14-34(25(37)9-6-18-4-7-20(28)8-5-18)17-23(19)35-16-21(30-31-35)15-33-11-2-3-22(26(32)38)27(33)39/h2-5,7-8,11,16,19,23H,6,9-10,12-15,17H2,1H3,(H,29,36)/t19-,23+/m0/s1. The molecule has 1 aromatic carbocycles. The molecule has 39 heavy (non-hydrogen) atoms. The molecule has 0 aliphatic carbocycles. The van der Waals surface area contributed by atoms with Crippen molar-refractivity contribution in [2.45, 2.75) is 31.8 Å². The summed E-state index contributed by atoms with van der Waals surface area (Å²) in [5, 5.41) is 12.1. The minimum atomic E-state index is -0.420. The molecule has 0 saturated carbocycles. The van der Waals surface area contributed by atoms with Gasteiger partial charge in [-0.2, -0.15) is 0 Å². The smallest absolute Gasteiger partial charge is 0.263 e. The number of hydrogen-bond donors (Lipinski definition) is 1. The van der Waals surface area contributed by atoms with Gasteiger partial charge in [0.2, 0.25) is 11.8 Å². The van der Waals surface area contributed by atoms with Crippen LogP contribution in [0, 0.1) is 5.92 Å². The Morgan fingerprint density at radius 2 is 1.92 bits per heavy atom. The van der Waals surface area contributed by atoms with Crippen molar-refractivity contribution < 1.29 is 14.4 Å². The van der Waals surface area contributed by atoms with Crippen molar-refractivity contribution >= 4 is 29.3 Å². The third-order valence-corrected chi connectivity index (χ3v) is 7.60. The number of rotatable bonds is 3. The number of nitrogens with one attached hydrogen (secondary N) is 1. The average Bonchev–Trinajstić information content (AvgIpc) is 3.55. The van der Waals surface area contributed by atoms with E-state index in [-0.39, 0.29) is 55.4 Å². The fourth-order valence-electron chi connectivity index (χ4n) is 5.15. The van der Waals surface area contributed by atoms with Gasteiger partial charge in [-0.1, -0.05) is 28.9 Å². The lowest BCUT2D eigenvalue weighted by Crippen LogP contribution is -2.39. The molecule has 12 heteroatoms. The van der Waals surface area contributed by atoms with Crippen molar-refractivity contribution in [2.24, 2.45) is 5.92 Å². The van der Waals surface area contributed by atoms with Gasteiger partial charge in [-0.05, 0) is 36.2 Å². The fraction of sp³-hybridized carbons (Fsp3) is 0.407. The number of likely N-dealkylation sites (N-methyl/N-ethyl adjacent to an activating group) is 1. The van der Waals surface area contributed by atoms with Crippen LogP contribution in [0.1, 0.15) is 40.5 Å². The van der Waals surface area contributed by atoms with Crippen LogP contribution in [0.2, 0.25) is 5.02 Å². The van der Waals surface area contributed by atoms with Crippen LogP contribution >= 0.6 is 11.6 Å². The minimum absolute atomic E-state index is 0.00703. The molecule has 2 atom stereocenters. The summed E-state index contributed by atoms with van der Waals surface area (Å²) in [6.45, 7) is 1.48. The zero-order valence-corrected chi connectivity index (χ0v) is 22.4. The van der Waals surface area contributed by atoms with Gasteiger partial charge in [0.25, 0.3) is 11.5 Å². The summed E-state index contributed by atoms with van der Waals surface area (Å²) in [6.07, 6.45) is 4.50. The lowest BCUT2D eigenvalue weighted by Gasteiger charge is -2.20. The largest absolute Gasteiger partial charge is 0.354 e. The average molecular weight is 552 g/mol. The molecule has 2 aromatic heterocycles. The Hall–Kier alpha value is -3.99. The highest BCUT2D eigenvalue weighted by Gasteiger charge is 2.38. The second-order valence-corrected chi connectivity index (χ2v) is 10.5. The number of carbonyl (C=O) groups is 3. The highest BCUT2D eigenvalue weighted by molar-refractivity contribution is 6.30. The maximum atomic E-state index is 13.1. The Morgan fingerprint density at radius 1 is 1.13 bits per heavy atom. The zero-order chi connectivity index (χ0) is 27.5. The van der Waals surface area contributed by atoms with Gasteiger partial charge in [-0.3, -0.25) is 19.2 Å². The van der Waals surface area contributed by atoms with Crippen molar-refractivity contribution in [3.63, 3.8) is 0 Å². The quantitative estimate of drug-likeness (QED) is 0.524. The van der Waals surface area contributed by atoms with E-state index in [0.29, 0.717) is 36.6 Å². The molecular formula is C27H30ClN7O4. The van der Waals surface area contributed by atoms with Crippen LogP contribution in [0.5, 0.6) is 0 Å². The molecule has 2 aliphatic heterocycles. The van der Waals surface area contributed by atoms with Crippen LogP contribution in [0.3, 0.4) is 0 Å². The summed E-state index contributed by atoms with van der Waals surface area (Å²) >= 11 is 5.97. The molecule has 2 aliphatic rings. The van der Waals surface area contributed by atoms with Crippen molar-refractivity contribution in [1.82, 2.24) is 34.7 Å². The van der Waals surface area contributed by atoms with Crippen molar-refractivity contribution in [2.75, 3.05) is 33.2 Å². The third-order valence-electron chi connectivity index (χ3n) is 7.34. The number of fused-ring (bicyclic) bond motifs is 6. The Kier molecular flexibility index (Phi) is 7.78. The number of pyridine rings is 1. The molecule has 204 valence electrons. The molecular weight excluding hydrogens is 522 g/mol. The van der Waals surface area contributed by atoms with E-state index in [1.165, 1.54) is 15.5 Å². The first-order valence-corrected chi connectivity index (χ1v) is 13.3. The van der Waals surface area contributed by atoms with Gasteiger partial charge >= 0.3 is 0 Å². The number of nitrogens with zero attached hydrogens (tertiary/aromatic N) is 6. The molecule has 4 bridgehead atoms. The zero-order valence-electron chi connectivity index (χ0n) is 21.6. The Morgan fingerprint density at radius 3 is 2.72 bits per heavy atom. The topological polar surface area (TPSA) is 122 Å². The number of benzene rings is 1. The molecule has 3 amide bonds. The molecule has 3 aromatic rings. The second-order valence-electron chi connectivity index (χ2n) is 10.1. The van der Waals surface area contributed by atoms with Crippen LogP contribution in [0.4, 0.5) is 0 Å². The van der Waals surface area contributed by atoms with E-state index >= 15 is 0 Å². The maximum Gasteiger partial charge on any atom is 0.263 e. The number of aromatic nitrogens is 4. The molecule has 1 fully saturated rings. The van der Waals surface area contributed by atoms with E-state index in [1.807, 2.05) is 24.3 Å². The van der Waals surface area contributed by atoms with E-state index < -0.39 is 11.5 Å². The van der Waals surface area contributed by atoms with Gasteiger partial charge in [-0.25, -0.2) is 4.68 Å². The van der Waals surface area contributed by atoms with Crippen LogP contribution in [0.15, 0.2) is 53.6 Å². The molecule has 0 spiro atoms. The van der Waals surface area contributed by atoms with E-state index in [1.54, 1.807) is 35.1 Å². The Bertz CT molecular complexity index is 1430. The number of likely N-dealkylation sites (tertiary alicyclic amines) is 1. The van der Waals surface area contributed by atoms with Crippen LogP contribution < -0.4 is 10.9 Å². The van der Waals surface area contributed by atoms with E-state index in [4.69, 9.17) is 11.6 Å². The number of aryl methyl sites for hydroxylation is 1. The fourth-order valence-corrected chi connectivity index (χ4v) is 5.27. The summed E-state index contributed by atoms with van der Waals surface area (Å²) < 4.78 is 3.13. The molecule has 1 saturated heterocycles. The van der Waals surface area contributed by atoms with Gasteiger partial charge in [0.1, 0.15) is 11.3 Å². The van der Waals surface area contributed by atoms with E-state index in [0.717, 1.165) is 5.56 Å². The number of halogens is 1. The highest BCUT2D eigenvalue weighted by Crippen LogP contribution is 2.31. The number of carbonyl (C=O) groups excluding carboxylic acids is 3. The Labute approximate surface area is 230 Å². The van der Waals surface area contributed by atoms with Crippen molar-refractivity contribution in [3.8, 4) is 0 Å². The summed E-state index contributed by atoms with van der Waals surface area (Å²) in [7, 11) is 1.60. The predicted molar refractivity (Wildman–Crippen MR) is 143 cm³/mol. The van der Waals surface area contributed by atoms with Crippen LogP contribution in [0.25, 0.3) is 0 Å². The third kappa shape index (κ3) is 6.03. The first-order chi connectivity index (χ1) is 18.8. The van der Waals surface area contributed by atoms with Gasteiger partial charge < -0.3 is 19.7 Å². The van der Waals surface area contributed by atoms with Gasteiger partial charge in [-0.15, -0.1) is 5.10 Å². The number of hydrogen-bond acceptors (Lipinski definition) is 6. The van der Waals surface area contributed by atoms with Gasteiger partial charge in [0.15, 0.2) is 0 Å². The lowest BCUT2D eigenvalue weighted by atomic mass is 9.99. The first kappa shape index (κ1) is 26.6. The predicted octanol–water partition coefficient (Wildman–Crippen LogP) is 1.37. The summed E-state index contributed by atoms with van der Waals surface area (Å²) in [4.78, 5) is 55.1. The maximum absolute atomic E-state index is 13.1. The van der Waals surface area contributed by atoms with Crippen molar-refractivity contribution in [1.29, 1.82) is 0 Å². The molecule has 11 nitrogen and oxygen atoms in total. The van der Waals surface area contributed by atoms with Crippen LogP contribution in [-0.4, -0.2) is 80.3 Å². The normalized spacial score (nSPS) is 20.1. The summed E-state index contributed by atoms with van der Waals surface area (Å²) in [5.41, 5.74) is 1.20. The summed E-state index contributed by atoms with van der Waals surface area (Å²) in [5.74, 6) is -0.747. The summed E-state index contributed by atoms with van der Waals surface area (Å²) in [6, 6.07) is 10.4. The van der Waals surface area contributed by atoms with Crippen LogP contribution in [-0.2, 0) is 22.6 Å². The SMILES string of the molecule is CN1CCNC(=O)C[C@H]2CN(C(=O)CCc3ccc(Cl)cc3)C[C@H]2n2cc(nn2)Cn2cccc(c2=O)C1=O. The van der Waals surface area contributed by atoms with Gasteiger partial charge in [0, 0.05) is 63.2 Å². The first-order valence-electron chi connectivity index (χ1n) is 12.9. The van der Waals surface area contributed by atoms with Gasteiger partial charge in [0.05, 0.1) is 18.8 Å². The molecule has 4 heterocycles. The molecule has 0 radical (unpaired) electrons. The lowest BCUT2D eigenvalue weighted by molar-refractivity contribution is -0.130. The second kappa shape index (κ2) is 11.4. The molecule has 0 unspecified atom stereocenters. The van der Waals surface area contributed by atoms with Crippen molar-refractivity contribution in [3.05, 3.63) is 81.0 Å². The molecule has 5 rings (SSSR count). The minimum Gasteiger partial charge on any atom is -0.354 e.